The molecule has 2 aromatic rings. The fourth-order valence-corrected chi connectivity index (χ4v) is 3.48. The van der Waals surface area contributed by atoms with Crippen LogP contribution in [0.3, 0.4) is 0 Å². The minimum absolute atomic E-state index is 0.0727. The van der Waals surface area contributed by atoms with E-state index in [0.717, 1.165) is 49.6 Å². The SMILES string of the molecule is Cc1cc(C)cc(O[C@@H](C)C(=O)N2CCN(Cc3ccccc3)CC2)c1. The second kappa shape index (κ2) is 8.37. The number of benzene rings is 2. The zero-order valence-corrected chi connectivity index (χ0v) is 15.9. The van der Waals surface area contributed by atoms with Gasteiger partial charge in [-0.3, -0.25) is 9.69 Å². The van der Waals surface area contributed by atoms with E-state index in [9.17, 15) is 4.79 Å². The Labute approximate surface area is 156 Å². The predicted octanol–water partition coefficient (Wildman–Crippen LogP) is 3.42. The highest BCUT2D eigenvalue weighted by molar-refractivity contribution is 5.81. The van der Waals surface area contributed by atoms with Crippen LogP contribution in [0.15, 0.2) is 48.5 Å². The van der Waals surface area contributed by atoms with Gasteiger partial charge in [-0.1, -0.05) is 36.4 Å². The summed E-state index contributed by atoms with van der Waals surface area (Å²) in [7, 11) is 0. The Morgan fingerprint density at radius 1 is 1.00 bits per heavy atom. The van der Waals surface area contributed by atoms with Gasteiger partial charge in [0.15, 0.2) is 6.10 Å². The Hall–Kier alpha value is -2.33. The summed E-state index contributed by atoms with van der Waals surface area (Å²) in [5.41, 5.74) is 3.61. The van der Waals surface area contributed by atoms with Gasteiger partial charge < -0.3 is 9.64 Å². The van der Waals surface area contributed by atoms with Gasteiger partial charge in [0.25, 0.3) is 5.91 Å². The third-order valence-corrected chi connectivity index (χ3v) is 4.79. The molecule has 2 aromatic carbocycles. The zero-order chi connectivity index (χ0) is 18.5. The fourth-order valence-electron chi connectivity index (χ4n) is 3.48. The Morgan fingerprint density at radius 3 is 2.23 bits per heavy atom. The molecule has 0 spiro atoms. The van der Waals surface area contributed by atoms with Gasteiger partial charge in [-0.05, 0) is 49.6 Å². The molecule has 0 radical (unpaired) electrons. The van der Waals surface area contributed by atoms with Crippen molar-refractivity contribution in [2.24, 2.45) is 0 Å². The number of aryl methyl sites for hydroxylation is 2. The van der Waals surface area contributed by atoms with Gasteiger partial charge in [0.05, 0.1) is 0 Å². The molecule has 4 heteroatoms. The number of hydrogen-bond donors (Lipinski definition) is 0. The number of carbonyl (C=O) groups is 1. The Bertz CT molecular complexity index is 717. The largest absolute Gasteiger partial charge is 0.481 e. The molecule has 0 N–H and O–H groups in total. The van der Waals surface area contributed by atoms with Crippen LogP contribution in [0.1, 0.15) is 23.6 Å². The number of piperazine rings is 1. The minimum atomic E-state index is -0.461. The molecule has 0 unspecified atom stereocenters. The van der Waals surface area contributed by atoms with Gasteiger partial charge in [-0.25, -0.2) is 0 Å². The number of ether oxygens (including phenoxy) is 1. The monoisotopic (exact) mass is 352 g/mol. The van der Waals surface area contributed by atoms with Crippen molar-refractivity contribution in [2.75, 3.05) is 26.2 Å². The van der Waals surface area contributed by atoms with Crippen LogP contribution in [0, 0.1) is 13.8 Å². The lowest BCUT2D eigenvalue weighted by molar-refractivity contribution is -0.139. The van der Waals surface area contributed by atoms with E-state index in [0.29, 0.717) is 0 Å². The van der Waals surface area contributed by atoms with Crippen molar-refractivity contribution in [1.82, 2.24) is 9.80 Å². The smallest absolute Gasteiger partial charge is 0.263 e. The Morgan fingerprint density at radius 2 is 1.62 bits per heavy atom. The average Bonchev–Trinajstić information content (AvgIpc) is 2.62. The number of carbonyl (C=O) groups excluding carboxylic acids is 1. The lowest BCUT2D eigenvalue weighted by Crippen LogP contribution is -2.51. The summed E-state index contributed by atoms with van der Waals surface area (Å²) in [5.74, 6) is 0.842. The van der Waals surface area contributed by atoms with Crippen LogP contribution in [0.25, 0.3) is 0 Å². The minimum Gasteiger partial charge on any atom is -0.481 e. The summed E-state index contributed by atoms with van der Waals surface area (Å²) >= 11 is 0. The summed E-state index contributed by atoms with van der Waals surface area (Å²) in [6.07, 6.45) is -0.461. The van der Waals surface area contributed by atoms with Gasteiger partial charge >= 0.3 is 0 Å². The van der Waals surface area contributed by atoms with Crippen LogP contribution in [0.4, 0.5) is 0 Å². The molecule has 0 saturated carbocycles. The highest BCUT2D eigenvalue weighted by Crippen LogP contribution is 2.18. The summed E-state index contributed by atoms with van der Waals surface area (Å²) in [4.78, 5) is 17.0. The summed E-state index contributed by atoms with van der Waals surface area (Å²) in [6.45, 7) is 10.2. The van der Waals surface area contributed by atoms with E-state index in [1.54, 1.807) is 0 Å². The molecule has 1 saturated heterocycles. The van der Waals surface area contributed by atoms with E-state index in [1.165, 1.54) is 5.56 Å². The van der Waals surface area contributed by atoms with Crippen molar-refractivity contribution in [2.45, 2.75) is 33.4 Å². The van der Waals surface area contributed by atoms with Crippen molar-refractivity contribution in [3.8, 4) is 5.75 Å². The van der Waals surface area contributed by atoms with E-state index in [4.69, 9.17) is 4.74 Å². The lowest BCUT2D eigenvalue weighted by atomic mass is 10.1. The van der Waals surface area contributed by atoms with Gasteiger partial charge in [-0.2, -0.15) is 0 Å². The van der Waals surface area contributed by atoms with Gasteiger partial charge in [0, 0.05) is 32.7 Å². The topological polar surface area (TPSA) is 32.8 Å². The average molecular weight is 352 g/mol. The summed E-state index contributed by atoms with van der Waals surface area (Å²) in [5, 5.41) is 0. The van der Waals surface area contributed by atoms with E-state index in [1.807, 2.05) is 43.9 Å². The number of amides is 1. The predicted molar refractivity (Wildman–Crippen MR) is 104 cm³/mol. The van der Waals surface area contributed by atoms with Crippen molar-refractivity contribution < 1.29 is 9.53 Å². The van der Waals surface area contributed by atoms with E-state index < -0.39 is 6.10 Å². The molecule has 1 aliphatic rings. The van der Waals surface area contributed by atoms with Crippen molar-refractivity contribution in [3.63, 3.8) is 0 Å². The van der Waals surface area contributed by atoms with Crippen LogP contribution in [-0.4, -0.2) is 48.0 Å². The standard InChI is InChI=1S/C22H28N2O2/c1-17-13-18(2)15-21(14-17)26-19(3)22(25)24-11-9-23(10-12-24)16-20-7-5-4-6-8-20/h4-8,13-15,19H,9-12,16H2,1-3H3/t19-/m0/s1. The lowest BCUT2D eigenvalue weighted by Gasteiger charge is -2.36. The summed E-state index contributed by atoms with van der Waals surface area (Å²) in [6, 6.07) is 16.5. The number of hydrogen-bond acceptors (Lipinski definition) is 3. The van der Waals surface area contributed by atoms with Crippen LogP contribution < -0.4 is 4.74 Å². The first-order valence-corrected chi connectivity index (χ1v) is 9.31. The normalized spacial score (nSPS) is 16.3. The first kappa shape index (κ1) is 18.5. The highest BCUT2D eigenvalue weighted by atomic mass is 16.5. The first-order valence-electron chi connectivity index (χ1n) is 9.31. The molecular weight excluding hydrogens is 324 g/mol. The maximum Gasteiger partial charge on any atom is 0.263 e. The van der Waals surface area contributed by atoms with E-state index in [-0.39, 0.29) is 5.91 Å². The maximum atomic E-state index is 12.7. The highest BCUT2D eigenvalue weighted by Gasteiger charge is 2.26. The van der Waals surface area contributed by atoms with Gasteiger partial charge in [0.1, 0.15) is 5.75 Å². The molecule has 1 fully saturated rings. The van der Waals surface area contributed by atoms with Crippen LogP contribution >= 0.6 is 0 Å². The van der Waals surface area contributed by atoms with Crippen molar-refractivity contribution >= 4 is 5.91 Å². The Balaban J connectivity index is 1.51. The summed E-state index contributed by atoms with van der Waals surface area (Å²) < 4.78 is 5.91. The molecule has 0 bridgehead atoms. The molecule has 1 heterocycles. The number of rotatable bonds is 5. The second-order valence-corrected chi connectivity index (χ2v) is 7.17. The van der Waals surface area contributed by atoms with E-state index >= 15 is 0 Å². The van der Waals surface area contributed by atoms with Crippen LogP contribution in [-0.2, 0) is 11.3 Å². The van der Waals surface area contributed by atoms with Crippen LogP contribution in [0.2, 0.25) is 0 Å². The van der Waals surface area contributed by atoms with Crippen LogP contribution in [0.5, 0.6) is 5.75 Å². The zero-order valence-electron chi connectivity index (χ0n) is 15.9. The molecule has 26 heavy (non-hydrogen) atoms. The first-order chi connectivity index (χ1) is 12.5. The second-order valence-electron chi connectivity index (χ2n) is 7.17. The molecule has 138 valence electrons. The van der Waals surface area contributed by atoms with Gasteiger partial charge in [0.2, 0.25) is 0 Å². The quantitative estimate of drug-likeness (QED) is 0.827. The third kappa shape index (κ3) is 4.85. The molecule has 4 nitrogen and oxygen atoms in total. The molecule has 3 rings (SSSR count). The Kier molecular flexibility index (Phi) is 5.94. The molecule has 1 aliphatic heterocycles. The number of nitrogens with zero attached hydrogens (tertiary/aromatic N) is 2. The molecule has 1 atom stereocenters. The molecule has 0 aliphatic carbocycles. The molecule has 1 amide bonds. The molecule has 0 aromatic heterocycles. The van der Waals surface area contributed by atoms with Gasteiger partial charge in [-0.15, -0.1) is 0 Å². The van der Waals surface area contributed by atoms with Crippen molar-refractivity contribution in [3.05, 3.63) is 65.2 Å². The maximum absolute atomic E-state index is 12.7. The third-order valence-electron chi connectivity index (χ3n) is 4.79. The fraction of sp³-hybridized carbons (Fsp3) is 0.409. The van der Waals surface area contributed by atoms with E-state index in [2.05, 4.69) is 35.2 Å². The van der Waals surface area contributed by atoms with Crippen molar-refractivity contribution in [1.29, 1.82) is 0 Å². The molecular formula is C22H28N2O2.